The number of nitriles is 1. The summed E-state index contributed by atoms with van der Waals surface area (Å²) in [7, 11) is 1.92. The largest absolute Gasteiger partial charge is 0.275 e. The quantitative estimate of drug-likeness (QED) is 0.803. The predicted octanol–water partition coefficient (Wildman–Crippen LogP) is 1.93. The van der Waals surface area contributed by atoms with Gasteiger partial charge in [-0.1, -0.05) is 0 Å². The van der Waals surface area contributed by atoms with Gasteiger partial charge >= 0.3 is 0 Å². The maximum Gasteiger partial charge on any atom is 0.163 e. The van der Waals surface area contributed by atoms with Gasteiger partial charge in [-0.2, -0.15) is 10.4 Å². The van der Waals surface area contributed by atoms with E-state index in [1.807, 2.05) is 30.9 Å². The molecular weight excluding hydrogens is 226 g/mol. The Hall–Kier alpha value is -2.22. The summed E-state index contributed by atoms with van der Waals surface area (Å²) in [5, 5.41) is 21.4. The second-order valence-electron chi connectivity index (χ2n) is 4.75. The minimum atomic E-state index is 0.355. The molecule has 0 radical (unpaired) electrons. The normalized spacial score (nSPS) is 14.5. The van der Waals surface area contributed by atoms with E-state index in [0.717, 1.165) is 22.5 Å². The van der Waals surface area contributed by atoms with Gasteiger partial charge in [0.2, 0.25) is 0 Å². The topological polar surface area (TPSA) is 67.4 Å². The van der Waals surface area contributed by atoms with E-state index in [1.54, 1.807) is 6.07 Å². The zero-order valence-electron chi connectivity index (χ0n) is 10.4. The van der Waals surface area contributed by atoms with Gasteiger partial charge in [-0.15, -0.1) is 10.2 Å². The number of rotatable bonds is 2. The lowest BCUT2D eigenvalue weighted by molar-refractivity contribution is 0.744. The van der Waals surface area contributed by atoms with Gasteiger partial charge < -0.3 is 0 Å². The van der Waals surface area contributed by atoms with Crippen LogP contribution >= 0.6 is 0 Å². The van der Waals surface area contributed by atoms with Crippen molar-refractivity contribution in [3.63, 3.8) is 0 Å². The first-order valence-electron chi connectivity index (χ1n) is 5.97. The smallest absolute Gasteiger partial charge is 0.163 e. The molecule has 2 aromatic rings. The maximum absolute atomic E-state index is 8.81. The fourth-order valence-corrected chi connectivity index (χ4v) is 2.15. The Morgan fingerprint density at radius 1 is 1.39 bits per heavy atom. The molecule has 3 rings (SSSR count). The summed E-state index contributed by atoms with van der Waals surface area (Å²) in [6.07, 6.45) is 4.39. The summed E-state index contributed by atoms with van der Waals surface area (Å²) < 4.78 is 1.82. The third kappa shape index (κ3) is 1.76. The van der Waals surface area contributed by atoms with Gasteiger partial charge in [0.25, 0.3) is 0 Å². The second kappa shape index (κ2) is 3.91. The Balaban J connectivity index is 2.12. The molecule has 1 fully saturated rings. The van der Waals surface area contributed by atoms with E-state index in [9.17, 15) is 0 Å². The van der Waals surface area contributed by atoms with Crippen LogP contribution in [0.3, 0.4) is 0 Å². The minimum absolute atomic E-state index is 0.355. The fourth-order valence-electron chi connectivity index (χ4n) is 2.15. The number of aryl methyl sites for hydroxylation is 2. The molecule has 0 saturated heterocycles. The van der Waals surface area contributed by atoms with E-state index < -0.39 is 0 Å². The molecule has 0 unspecified atom stereocenters. The van der Waals surface area contributed by atoms with Crippen LogP contribution in [0, 0.1) is 18.3 Å². The van der Waals surface area contributed by atoms with Crippen molar-refractivity contribution in [3.05, 3.63) is 29.2 Å². The van der Waals surface area contributed by atoms with Gasteiger partial charge in [0.05, 0.1) is 11.4 Å². The average Bonchev–Trinajstić information content (AvgIpc) is 3.13. The molecule has 90 valence electrons. The van der Waals surface area contributed by atoms with Gasteiger partial charge in [-0.3, -0.25) is 4.68 Å². The van der Waals surface area contributed by atoms with Crippen LogP contribution in [0.2, 0.25) is 0 Å². The lowest BCUT2D eigenvalue weighted by atomic mass is 10.1. The van der Waals surface area contributed by atoms with Gasteiger partial charge in [0.1, 0.15) is 6.07 Å². The molecule has 0 aliphatic heterocycles. The highest BCUT2D eigenvalue weighted by molar-refractivity contribution is 5.65. The second-order valence-corrected chi connectivity index (χ2v) is 4.75. The van der Waals surface area contributed by atoms with E-state index in [1.165, 1.54) is 12.8 Å². The van der Waals surface area contributed by atoms with Crippen molar-refractivity contribution >= 4 is 0 Å². The van der Waals surface area contributed by atoms with E-state index in [4.69, 9.17) is 5.26 Å². The van der Waals surface area contributed by atoms with Gasteiger partial charge in [0, 0.05) is 24.7 Å². The van der Waals surface area contributed by atoms with Gasteiger partial charge in [-0.05, 0) is 31.4 Å². The van der Waals surface area contributed by atoms with Crippen LogP contribution < -0.4 is 0 Å². The van der Waals surface area contributed by atoms with Crippen LogP contribution in [0.1, 0.15) is 35.7 Å². The van der Waals surface area contributed by atoms with Crippen LogP contribution in [-0.2, 0) is 7.05 Å². The first kappa shape index (κ1) is 10.9. The molecule has 1 aliphatic carbocycles. The van der Waals surface area contributed by atoms with Gasteiger partial charge in [-0.25, -0.2) is 0 Å². The fraction of sp³-hybridized carbons (Fsp3) is 0.385. The van der Waals surface area contributed by atoms with Crippen molar-refractivity contribution < 1.29 is 0 Å². The van der Waals surface area contributed by atoms with Crippen molar-refractivity contribution in [1.29, 1.82) is 5.26 Å². The number of aromatic nitrogens is 4. The minimum Gasteiger partial charge on any atom is -0.275 e. The third-order valence-electron chi connectivity index (χ3n) is 3.18. The van der Waals surface area contributed by atoms with Crippen molar-refractivity contribution in [2.24, 2.45) is 7.05 Å². The molecular formula is C13H13N5. The summed E-state index contributed by atoms with van der Waals surface area (Å²) >= 11 is 0. The summed E-state index contributed by atoms with van der Waals surface area (Å²) in [5.74, 6) is 0.568. The van der Waals surface area contributed by atoms with E-state index in [-0.39, 0.29) is 0 Å². The van der Waals surface area contributed by atoms with Crippen LogP contribution in [0.4, 0.5) is 0 Å². The molecule has 18 heavy (non-hydrogen) atoms. The molecule has 1 aliphatic rings. The van der Waals surface area contributed by atoms with Crippen molar-refractivity contribution in [2.75, 3.05) is 0 Å². The number of nitrogens with zero attached hydrogens (tertiary/aromatic N) is 5. The molecule has 5 nitrogen and oxygen atoms in total. The Morgan fingerprint density at radius 2 is 2.17 bits per heavy atom. The molecule has 1 saturated carbocycles. The molecule has 0 amide bonds. The van der Waals surface area contributed by atoms with Crippen molar-refractivity contribution in [2.45, 2.75) is 25.7 Å². The van der Waals surface area contributed by atoms with E-state index >= 15 is 0 Å². The first-order valence-corrected chi connectivity index (χ1v) is 5.97. The lowest BCUT2D eigenvalue weighted by Crippen LogP contribution is -1.96. The number of hydrogen-bond donors (Lipinski definition) is 0. The average molecular weight is 239 g/mol. The zero-order valence-corrected chi connectivity index (χ0v) is 10.4. The molecule has 0 bridgehead atoms. The Kier molecular flexibility index (Phi) is 2.37. The third-order valence-corrected chi connectivity index (χ3v) is 3.18. The van der Waals surface area contributed by atoms with Gasteiger partial charge in [0.15, 0.2) is 5.69 Å². The molecule has 0 N–H and O–H groups in total. The molecule has 2 aromatic heterocycles. The first-order chi connectivity index (χ1) is 8.69. The highest BCUT2D eigenvalue weighted by Gasteiger charge is 2.30. The number of hydrogen-bond acceptors (Lipinski definition) is 4. The molecule has 0 spiro atoms. The highest BCUT2D eigenvalue weighted by Crippen LogP contribution is 2.43. The summed E-state index contributed by atoms with van der Waals surface area (Å²) in [6.45, 7) is 1.95. The standard InChI is InChI=1S/C13H13N5/c1-8-5-10(6-14)15-16-12(8)11-7-18(2)17-13(11)9-3-4-9/h5,7,9H,3-4H2,1-2H3. The molecule has 0 aromatic carbocycles. The van der Waals surface area contributed by atoms with Crippen LogP contribution in [0.15, 0.2) is 12.3 Å². The molecule has 5 heteroatoms. The van der Waals surface area contributed by atoms with Crippen molar-refractivity contribution in [1.82, 2.24) is 20.0 Å². The monoisotopic (exact) mass is 239 g/mol. The zero-order chi connectivity index (χ0) is 12.7. The summed E-state index contributed by atoms with van der Waals surface area (Å²) in [5.41, 5.74) is 4.32. The van der Waals surface area contributed by atoms with E-state index in [0.29, 0.717) is 11.6 Å². The molecule has 0 atom stereocenters. The Labute approximate surface area is 105 Å². The predicted molar refractivity (Wildman–Crippen MR) is 65.7 cm³/mol. The SMILES string of the molecule is Cc1cc(C#N)nnc1-c1cn(C)nc1C1CC1. The summed E-state index contributed by atoms with van der Waals surface area (Å²) in [4.78, 5) is 0. The Bertz CT molecular complexity index is 646. The van der Waals surface area contributed by atoms with Crippen molar-refractivity contribution in [3.8, 4) is 17.3 Å². The lowest BCUT2D eigenvalue weighted by Gasteiger charge is -2.03. The Morgan fingerprint density at radius 3 is 2.78 bits per heavy atom. The van der Waals surface area contributed by atoms with Crippen LogP contribution in [0.5, 0.6) is 0 Å². The molecule has 2 heterocycles. The maximum atomic E-state index is 8.81. The van der Waals surface area contributed by atoms with Crippen LogP contribution in [-0.4, -0.2) is 20.0 Å². The van der Waals surface area contributed by atoms with Crippen LogP contribution in [0.25, 0.3) is 11.3 Å². The highest BCUT2D eigenvalue weighted by atomic mass is 15.3. The van der Waals surface area contributed by atoms with E-state index in [2.05, 4.69) is 15.3 Å². The summed E-state index contributed by atoms with van der Waals surface area (Å²) in [6, 6.07) is 3.78.